The molecule has 2 aromatic heterocycles. The first-order valence-electron chi connectivity index (χ1n) is 6.17. The fraction of sp³-hybridized carbons (Fsp3) is 0.133. The first kappa shape index (κ1) is 13.1. The third-order valence-electron chi connectivity index (χ3n) is 3.26. The molecule has 1 aromatic carbocycles. The van der Waals surface area contributed by atoms with Gasteiger partial charge in [0.2, 0.25) is 0 Å². The summed E-state index contributed by atoms with van der Waals surface area (Å²) in [7, 11) is 0. The summed E-state index contributed by atoms with van der Waals surface area (Å²) in [6.07, 6.45) is 3.51. The zero-order valence-electron chi connectivity index (χ0n) is 10.6. The van der Waals surface area contributed by atoms with Gasteiger partial charge < -0.3 is 9.67 Å². The van der Waals surface area contributed by atoms with Crippen LogP contribution in [-0.4, -0.2) is 14.7 Å². The predicted octanol–water partition coefficient (Wildman–Crippen LogP) is 3.37. The summed E-state index contributed by atoms with van der Waals surface area (Å²) in [6, 6.07) is 8.46. The molecule has 5 heteroatoms. The summed E-state index contributed by atoms with van der Waals surface area (Å²) in [5, 5.41) is 10.4. The third kappa shape index (κ3) is 2.17. The average molecular weight is 291 g/mol. The van der Waals surface area contributed by atoms with E-state index in [-0.39, 0.29) is 11.6 Å². The van der Waals surface area contributed by atoms with Crippen molar-refractivity contribution >= 4 is 22.6 Å². The Bertz CT molecular complexity index is 770. The van der Waals surface area contributed by atoms with Crippen molar-refractivity contribution in [3.8, 4) is 0 Å². The number of pyridine rings is 1. The number of hydrogen-bond donors (Lipinski definition) is 1. The molecule has 3 nitrogen and oxygen atoms in total. The molecule has 20 heavy (non-hydrogen) atoms. The van der Waals surface area contributed by atoms with Crippen LogP contribution in [0.15, 0.2) is 42.7 Å². The van der Waals surface area contributed by atoms with Crippen LogP contribution in [0.3, 0.4) is 0 Å². The monoisotopic (exact) mass is 290 g/mol. The lowest BCUT2D eigenvalue weighted by Gasteiger charge is -2.07. The second-order valence-corrected chi connectivity index (χ2v) is 4.91. The highest BCUT2D eigenvalue weighted by atomic mass is 35.5. The summed E-state index contributed by atoms with van der Waals surface area (Å²) in [4.78, 5) is 4.31. The van der Waals surface area contributed by atoms with Crippen LogP contribution in [0, 0.1) is 5.82 Å². The lowest BCUT2D eigenvalue weighted by molar-refractivity contribution is 0.283. The number of fused-ring (bicyclic) bond motifs is 1. The van der Waals surface area contributed by atoms with Crippen LogP contribution in [0.25, 0.3) is 11.0 Å². The molecule has 0 saturated carbocycles. The molecule has 2 heterocycles. The van der Waals surface area contributed by atoms with Crippen molar-refractivity contribution in [1.82, 2.24) is 9.55 Å². The summed E-state index contributed by atoms with van der Waals surface area (Å²) in [5.41, 5.74) is 2.22. The maximum absolute atomic E-state index is 13.5. The van der Waals surface area contributed by atoms with Gasteiger partial charge in [-0.1, -0.05) is 23.7 Å². The Morgan fingerprint density at radius 2 is 2.05 bits per heavy atom. The third-order valence-corrected chi connectivity index (χ3v) is 3.68. The summed E-state index contributed by atoms with van der Waals surface area (Å²) in [5.74, 6) is -0.434. The van der Waals surface area contributed by atoms with Crippen molar-refractivity contribution < 1.29 is 9.50 Å². The van der Waals surface area contributed by atoms with Crippen LogP contribution in [0.1, 0.15) is 11.1 Å². The lowest BCUT2D eigenvalue weighted by atomic mass is 10.2. The highest BCUT2D eigenvalue weighted by molar-refractivity contribution is 6.31. The lowest BCUT2D eigenvalue weighted by Crippen LogP contribution is -2.00. The number of aliphatic hydroxyl groups excluding tert-OH is 1. The Kier molecular flexibility index (Phi) is 3.42. The molecule has 0 saturated heterocycles. The zero-order valence-corrected chi connectivity index (χ0v) is 11.3. The largest absolute Gasteiger partial charge is 0.392 e. The zero-order chi connectivity index (χ0) is 14.1. The quantitative estimate of drug-likeness (QED) is 0.803. The van der Waals surface area contributed by atoms with E-state index >= 15 is 0 Å². The van der Waals surface area contributed by atoms with Gasteiger partial charge in [-0.3, -0.25) is 0 Å². The number of hydrogen-bond acceptors (Lipinski definition) is 2. The minimum atomic E-state index is -0.434. The molecule has 0 aliphatic rings. The highest BCUT2D eigenvalue weighted by Gasteiger charge is 2.11. The fourth-order valence-corrected chi connectivity index (χ4v) is 2.48. The summed E-state index contributed by atoms with van der Waals surface area (Å²) in [6.45, 7) is 0.343. The van der Waals surface area contributed by atoms with Crippen molar-refractivity contribution in [2.75, 3.05) is 0 Å². The van der Waals surface area contributed by atoms with Gasteiger partial charge >= 0.3 is 0 Å². The Labute approximate surface area is 120 Å². The van der Waals surface area contributed by atoms with Gasteiger partial charge in [0.1, 0.15) is 11.5 Å². The van der Waals surface area contributed by atoms with Crippen molar-refractivity contribution in [2.24, 2.45) is 0 Å². The molecule has 0 bridgehead atoms. The SMILES string of the molecule is OCc1cn(Cc2cccc(F)c2Cl)c2ncccc12. The smallest absolute Gasteiger partial charge is 0.142 e. The van der Waals surface area contributed by atoms with Gasteiger partial charge in [0, 0.05) is 23.3 Å². The summed E-state index contributed by atoms with van der Waals surface area (Å²) < 4.78 is 15.3. The van der Waals surface area contributed by atoms with E-state index in [1.807, 2.05) is 22.9 Å². The van der Waals surface area contributed by atoms with E-state index in [4.69, 9.17) is 11.6 Å². The Morgan fingerprint density at radius 3 is 2.85 bits per heavy atom. The second kappa shape index (κ2) is 5.23. The van der Waals surface area contributed by atoms with Crippen LogP contribution in [-0.2, 0) is 13.2 Å². The molecule has 0 aliphatic carbocycles. The molecule has 0 radical (unpaired) electrons. The first-order valence-corrected chi connectivity index (χ1v) is 6.55. The normalized spacial score (nSPS) is 11.2. The standard InChI is InChI=1S/C15H12ClFN2O/c16-14-10(3-1-5-13(14)17)7-19-8-11(9-20)12-4-2-6-18-15(12)19/h1-6,8,20H,7,9H2. The average Bonchev–Trinajstić information content (AvgIpc) is 2.82. The van der Waals surface area contributed by atoms with Gasteiger partial charge in [-0.2, -0.15) is 0 Å². The molecule has 3 rings (SSSR count). The fourth-order valence-electron chi connectivity index (χ4n) is 2.30. The minimum Gasteiger partial charge on any atom is -0.392 e. The van der Waals surface area contributed by atoms with E-state index in [1.165, 1.54) is 6.07 Å². The van der Waals surface area contributed by atoms with E-state index in [1.54, 1.807) is 18.3 Å². The number of aromatic nitrogens is 2. The van der Waals surface area contributed by atoms with E-state index in [0.29, 0.717) is 12.1 Å². The number of halogens is 2. The van der Waals surface area contributed by atoms with Crippen LogP contribution in [0.4, 0.5) is 4.39 Å². The predicted molar refractivity (Wildman–Crippen MR) is 76.2 cm³/mol. The molecule has 0 unspecified atom stereocenters. The minimum absolute atomic E-state index is 0.0634. The molecular formula is C15H12ClFN2O. The van der Waals surface area contributed by atoms with Crippen molar-refractivity contribution in [3.63, 3.8) is 0 Å². The second-order valence-electron chi connectivity index (χ2n) is 4.53. The van der Waals surface area contributed by atoms with Crippen molar-refractivity contribution in [3.05, 3.63) is 64.7 Å². The van der Waals surface area contributed by atoms with Crippen LogP contribution in [0.5, 0.6) is 0 Å². The molecule has 0 fully saturated rings. The molecule has 0 aliphatic heterocycles. The van der Waals surface area contributed by atoms with Gasteiger partial charge in [-0.05, 0) is 23.8 Å². The number of rotatable bonds is 3. The Hall–Kier alpha value is -1.91. The van der Waals surface area contributed by atoms with Crippen LogP contribution in [0.2, 0.25) is 5.02 Å². The van der Waals surface area contributed by atoms with E-state index in [0.717, 1.165) is 16.6 Å². The van der Waals surface area contributed by atoms with Gasteiger partial charge in [-0.25, -0.2) is 9.37 Å². The van der Waals surface area contributed by atoms with E-state index < -0.39 is 5.82 Å². The molecular weight excluding hydrogens is 279 g/mol. The first-order chi connectivity index (χ1) is 9.70. The molecule has 1 N–H and O–H groups in total. The maximum Gasteiger partial charge on any atom is 0.142 e. The Morgan fingerprint density at radius 1 is 1.20 bits per heavy atom. The number of nitrogens with zero attached hydrogens (tertiary/aromatic N) is 2. The molecule has 0 amide bonds. The maximum atomic E-state index is 13.5. The molecule has 0 spiro atoms. The molecule has 102 valence electrons. The van der Waals surface area contributed by atoms with E-state index in [2.05, 4.69) is 4.98 Å². The van der Waals surface area contributed by atoms with E-state index in [9.17, 15) is 9.50 Å². The number of aliphatic hydroxyl groups is 1. The number of benzene rings is 1. The van der Waals surface area contributed by atoms with Gasteiger partial charge in [0.25, 0.3) is 0 Å². The highest BCUT2D eigenvalue weighted by Crippen LogP contribution is 2.24. The van der Waals surface area contributed by atoms with Gasteiger partial charge in [-0.15, -0.1) is 0 Å². The van der Waals surface area contributed by atoms with Gasteiger partial charge in [0.15, 0.2) is 0 Å². The van der Waals surface area contributed by atoms with Crippen LogP contribution < -0.4 is 0 Å². The van der Waals surface area contributed by atoms with Gasteiger partial charge in [0.05, 0.1) is 18.2 Å². The Balaban J connectivity index is 2.09. The van der Waals surface area contributed by atoms with Crippen molar-refractivity contribution in [2.45, 2.75) is 13.2 Å². The topological polar surface area (TPSA) is 38.0 Å². The summed E-state index contributed by atoms with van der Waals surface area (Å²) >= 11 is 5.98. The molecule has 3 aromatic rings. The van der Waals surface area contributed by atoms with Crippen LogP contribution >= 0.6 is 11.6 Å². The van der Waals surface area contributed by atoms with Crippen molar-refractivity contribution in [1.29, 1.82) is 0 Å². The molecule has 0 atom stereocenters.